The number of halogens is 2. The fraction of sp³-hybridized carbons (Fsp3) is 0.333. The van der Waals surface area contributed by atoms with Gasteiger partial charge in [0, 0.05) is 31.4 Å². The molecule has 1 saturated heterocycles. The van der Waals surface area contributed by atoms with Gasteiger partial charge in [-0.2, -0.15) is 0 Å². The fourth-order valence-corrected chi connectivity index (χ4v) is 3.15. The Morgan fingerprint density at radius 3 is 2.88 bits per heavy atom. The summed E-state index contributed by atoms with van der Waals surface area (Å²) >= 11 is 12.1. The van der Waals surface area contributed by atoms with Crippen LogP contribution >= 0.6 is 23.2 Å². The van der Waals surface area contributed by atoms with Crippen molar-refractivity contribution >= 4 is 29.1 Å². The zero-order valence-electron chi connectivity index (χ0n) is 13.8. The maximum Gasteiger partial charge on any atom is 0.255 e. The summed E-state index contributed by atoms with van der Waals surface area (Å²) in [5.74, 6) is 0.765. The molecular weight excluding hydrogens is 361 g/mol. The summed E-state index contributed by atoms with van der Waals surface area (Å²) in [5.41, 5.74) is 0.543. The predicted octanol–water partition coefficient (Wildman–Crippen LogP) is 4.00. The highest BCUT2D eigenvalue weighted by molar-refractivity contribution is 6.42. The van der Waals surface area contributed by atoms with Crippen LogP contribution in [0.5, 0.6) is 11.6 Å². The van der Waals surface area contributed by atoms with E-state index in [0.717, 1.165) is 19.4 Å². The van der Waals surface area contributed by atoms with Crippen molar-refractivity contribution in [1.82, 2.24) is 15.2 Å². The Hall–Kier alpha value is -1.82. The number of pyridine rings is 1. The summed E-state index contributed by atoms with van der Waals surface area (Å²) < 4.78 is 5.64. The van der Waals surface area contributed by atoms with Gasteiger partial charge in [-0.3, -0.25) is 4.79 Å². The third-order valence-electron chi connectivity index (χ3n) is 4.23. The number of amides is 1. The number of nitrogens with zero attached hydrogens (tertiary/aromatic N) is 2. The van der Waals surface area contributed by atoms with Gasteiger partial charge in [0.1, 0.15) is 10.8 Å². The summed E-state index contributed by atoms with van der Waals surface area (Å²) in [6, 6.07) is 8.86. The summed E-state index contributed by atoms with van der Waals surface area (Å²) in [6.07, 6.45) is 3.62. The highest BCUT2D eigenvalue weighted by Gasteiger charge is 2.23. The van der Waals surface area contributed by atoms with E-state index in [1.165, 1.54) is 6.20 Å². The Morgan fingerprint density at radius 1 is 1.32 bits per heavy atom. The number of rotatable bonds is 4. The molecule has 1 unspecified atom stereocenters. The minimum absolute atomic E-state index is 0.0141. The van der Waals surface area contributed by atoms with Gasteiger partial charge in [-0.05, 0) is 38.1 Å². The molecule has 25 heavy (non-hydrogen) atoms. The lowest BCUT2D eigenvalue weighted by atomic mass is 10.1. The molecule has 0 bridgehead atoms. The molecule has 0 saturated carbocycles. The summed E-state index contributed by atoms with van der Waals surface area (Å²) in [6.45, 7) is 1.49. The Bertz CT molecular complexity index is 752. The Morgan fingerprint density at radius 2 is 2.16 bits per heavy atom. The quantitative estimate of drug-likeness (QED) is 0.871. The number of aromatic nitrogens is 1. The van der Waals surface area contributed by atoms with Crippen LogP contribution in [0.4, 0.5) is 0 Å². The molecule has 1 N–H and O–H groups in total. The molecule has 1 atom stereocenters. The molecular formula is C18H19Cl2N3O2. The number of nitrogens with one attached hydrogen (secondary N) is 1. The van der Waals surface area contributed by atoms with Gasteiger partial charge in [0.05, 0.1) is 10.6 Å². The Kier molecular flexibility index (Phi) is 5.78. The molecule has 2 aromatic rings. The molecule has 132 valence electrons. The third-order valence-corrected chi connectivity index (χ3v) is 5.03. The van der Waals surface area contributed by atoms with Gasteiger partial charge in [0.2, 0.25) is 5.88 Å². The second kappa shape index (κ2) is 8.04. The molecule has 1 aromatic heterocycles. The lowest BCUT2D eigenvalue weighted by Gasteiger charge is -2.32. The van der Waals surface area contributed by atoms with E-state index in [1.807, 2.05) is 11.9 Å². The first kappa shape index (κ1) is 18.0. The van der Waals surface area contributed by atoms with Crippen LogP contribution in [0.15, 0.2) is 36.5 Å². The topological polar surface area (TPSA) is 54.5 Å². The molecule has 7 heteroatoms. The lowest BCUT2D eigenvalue weighted by molar-refractivity contribution is 0.0697. The molecule has 5 nitrogen and oxygen atoms in total. The first-order chi connectivity index (χ1) is 12.1. The number of carbonyl (C=O) groups excluding carboxylic acids is 1. The number of likely N-dealkylation sites (N-methyl/N-ethyl adjacent to an activating group) is 1. The second-order valence-corrected chi connectivity index (χ2v) is 6.70. The van der Waals surface area contributed by atoms with Crippen LogP contribution in [-0.2, 0) is 0 Å². The van der Waals surface area contributed by atoms with Crippen LogP contribution in [0.1, 0.15) is 23.2 Å². The van der Waals surface area contributed by atoms with Crippen molar-refractivity contribution in [3.63, 3.8) is 0 Å². The number of hydrogen-bond acceptors (Lipinski definition) is 4. The van der Waals surface area contributed by atoms with Gasteiger partial charge in [0.25, 0.3) is 5.91 Å². The molecule has 3 rings (SSSR count). The van der Waals surface area contributed by atoms with Crippen LogP contribution < -0.4 is 10.1 Å². The zero-order chi connectivity index (χ0) is 17.8. The van der Waals surface area contributed by atoms with Gasteiger partial charge >= 0.3 is 0 Å². The largest absolute Gasteiger partial charge is 0.437 e. The van der Waals surface area contributed by atoms with Crippen molar-refractivity contribution in [2.75, 3.05) is 20.1 Å². The van der Waals surface area contributed by atoms with Crippen LogP contribution in [0.25, 0.3) is 0 Å². The molecule has 1 aliphatic heterocycles. The second-order valence-electron chi connectivity index (χ2n) is 5.92. The first-order valence-electron chi connectivity index (χ1n) is 8.13. The van der Waals surface area contributed by atoms with Gasteiger partial charge in [-0.15, -0.1) is 0 Å². The highest BCUT2D eigenvalue weighted by Crippen LogP contribution is 2.34. The van der Waals surface area contributed by atoms with Crippen molar-refractivity contribution in [1.29, 1.82) is 0 Å². The van der Waals surface area contributed by atoms with Gasteiger partial charge in [0.15, 0.2) is 0 Å². The predicted molar refractivity (Wildman–Crippen MR) is 98.8 cm³/mol. The smallest absolute Gasteiger partial charge is 0.255 e. The molecule has 1 amide bonds. The van der Waals surface area contributed by atoms with Crippen LogP contribution in [0.3, 0.4) is 0 Å². The molecule has 1 fully saturated rings. The molecule has 0 aliphatic carbocycles. The van der Waals surface area contributed by atoms with E-state index in [9.17, 15) is 4.79 Å². The number of likely N-dealkylation sites (tertiary alicyclic amines) is 1. The normalized spacial score (nSPS) is 17.4. The van der Waals surface area contributed by atoms with Crippen molar-refractivity contribution in [2.24, 2.45) is 0 Å². The number of carbonyl (C=O) groups is 1. The summed E-state index contributed by atoms with van der Waals surface area (Å²) in [5, 5.41) is 3.98. The van der Waals surface area contributed by atoms with Crippen LogP contribution in [-0.4, -0.2) is 42.0 Å². The molecule has 1 aliphatic rings. The van der Waals surface area contributed by atoms with Crippen molar-refractivity contribution < 1.29 is 9.53 Å². The van der Waals surface area contributed by atoms with Crippen molar-refractivity contribution in [2.45, 2.75) is 18.9 Å². The lowest BCUT2D eigenvalue weighted by Crippen LogP contribution is -2.46. The van der Waals surface area contributed by atoms with E-state index in [0.29, 0.717) is 39.8 Å². The molecule has 2 heterocycles. The van der Waals surface area contributed by atoms with Crippen LogP contribution in [0, 0.1) is 0 Å². The fourth-order valence-electron chi connectivity index (χ4n) is 2.82. The average molecular weight is 380 g/mol. The summed E-state index contributed by atoms with van der Waals surface area (Å²) in [4.78, 5) is 18.7. The van der Waals surface area contributed by atoms with E-state index < -0.39 is 0 Å². The zero-order valence-corrected chi connectivity index (χ0v) is 15.3. The molecule has 0 radical (unpaired) electrons. The van der Waals surface area contributed by atoms with Gasteiger partial charge in [-0.25, -0.2) is 4.98 Å². The maximum absolute atomic E-state index is 12.6. The van der Waals surface area contributed by atoms with E-state index in [-0.39, 0.29) is 5.91 Å². The first-order valence-corrected chi connectivity index (χ1v) is 8.88. The van der Waals surface area contributed by atoms with E-state index >= 15 is 0 Å². The number of piperidine rings is 1. The minimum Gasteiger partial charge on any atom is -0.437 e. The third kappa shape index (κ3) is 4.24. The van der Waals surface area contributed by atoms with Crippen molar-refractivity contribution in [3.05, 3.63) is 52.1 Å². The molecule has 0 spiro atoms. The SMILES string of the molecule is CNC1CCCN(C(=O)c2ccc(Oc3cccc(Cl)c3Cl)nc2)C1. The Balaban J connectivity index is 1.69. The van der Waals surface area contributed by atoms with Gasteiger partial charge in [-0.1, -0.05) is 29.3 Å². The minimum atomic E-state index is -0.0141. The van der Waals surface area contributed by atoms with Crippen molar-refractivity contribution in [3.8, 4) is 11.6 Å². The monoisotopic (exact) mass is 379 g/mol. The van der Waals surface area contributed by atoms with Crippen LogP contribution in [0.2, 0.25) is 10.0 Å². The Labute approximate surface area is 156 Å². The van der Waals surface area contributed by atoms with Gasteiger partial charge < -0.3 is 15.0 Å². The molecule has 1 aromatic carbocycles. The highest BCUT2D eigenvalue weighted by atomic mass is 35.5. The number of hydrogen-bond donors (Lipinski definition) is 1. The van der Waals surface area contributed by atoms with E-state index in [4.69, 9.17) is 27.9 Å². The number of benzene rings is 1. The summed E-state index contributed by atoms with van der Waals surface area (Å²) in [7, 11) is 1.92. The van der Waals surface area contributed by atoms with E-state index in [2.05, 4.69) is 10.3 Å². The van der Waals surface area contributed by atoms with E-state index in [1.54, 1.807) is 30.3 Å². The standard InChI is InChI=1S/C18H19Cl2N3O2/c1-21-13-4-3-9-23(11-13)18(24)12-7-8-16(22-10-12)25-15-6-2-5-14(19)17(15)20/h2,5-8,10,13,21H,3-4,9,11H2,1H3. The maximum atomic E-state index is 12.6. The number of ether oxygens (including phenoxy) is 1. The average Bonchev–Trinajstić information content (AvgIpc) is 2.65.